The van der Waals surface area contributed by atoms with Gasteiger partial charge in [-0.1, -0.05) is 11.6 Å². The standard InChI is InChI=1S/C10H4Cl3FN2O2S/c11-7-4-15-10(12)16-9(7)6-2-1-5(14)3-8(6)19(13,17)18/h1-4H. The van der Waals surface area contributed by atoms with Crippen molar-refractivity contribution in [1.82, 2.24) is 9.97 Å². The average molecular weight is 342 g/mol. The summed E-state index contributed by atoms with van der Waals surface area (Å²) in [6, 6.07) is 3.05. The first-order chi connectivity index (χ1) is 8.79. The zero-order chi connectivity index (χ0) is 14.2. The lowest BCUT2D eigenvalue weighted by molar-refractivity contribution is 0.602. The molecule has 1 heterocycles. The summed E-state index contributed by atoms with van der Waals surface area (Å²) < 4.78 is 36.1. The lowest BCUT2D eigenvalue weighted by Gasteiger charge is -2.08. The smallest absolute Gasteiger partial charge is 0.225 e. The number of rotatable bonds is 2. The van der Waals surface area contributed by atoms with Crippen molar-refractivity contribution in [1.29, 1.82) is 0 Å². The maximum absolute atomic E-state index is 13.2. The molecule has 2 aromatic rings. The van der Waals surface area contributed by atoms with Crippen LogP contribution < -0.4 is 0 Å². The molecular formula is C10H4Cl3FN2O2S. The second kappa shape index (κ2) is 5.20. The van der Waals surface area contributed by atoms with E-state index < -0.39 is 19.8 Å². The van der Waals surface area contributed by atoms with Crippen molar-refractivity contribution in [3.63, 3.8) is 0 Å². The van der Waals surface area contributed by atoms with Crippen LogP contribution in [0.5, 0.6) is 0 Å². The third kappa shape index (κ3) is 3.14. The van der Waals surface area contributed by atoms with E-state index in [1.807, 2.05) is 0 Å². The minimum Gasteiger partial charge on any atom is -0.225 e. The van der Waals surface area contributed by atoms with Gasteiger partial charge in [0.1, 0.15) is 5.82 Å². The molecule has 0 amide bonds. The Balaban J connectivity index is 2.79. The van der Waals surface area contributed by atoms with E-state index in [1.54, 1.807) is 0 Å². The van der Waals surface area contributed by atoms with Gasteiger partial charge in [-0.05, 0) is 29.8 Å². The van der Waals surface area contributed by atoms with Gasteiger partial charge in [-0.25, -0.2) is 22.8 Å². The van der Waals surface area contributed by atoms with Gasteiger partial charge in [0, 0.05) is 16.2 Å². The fourth-order valence-corrected chi connectivity index (χ4v) is 2.82. The average Bonchev–Trinajstić information content (AvgIpc) is 2.31. The molecule has 2 rings (SSSR count). The third-order valence-corrected chi connectivity index (χ3v) is 4.00. The van der Waals surface area contributed by atoms with E-state index in [-0.39, 0.29) is 21.6 Å². The minimum absolute atomic E-state index is 0.0469. The number of hydrogen-bond donors (Lipinski definition) is 0. The highest BCUT2D eigenvalue weighted by Gasteiger charge is 2.20. The van der Waals surface area contributed by atoms with Crippen LogP contribution in [-0.2, 0) is 9.05 Å². The highest BCUT2D eigenvalue weighted by molar-refractivity contribution is 8.13. The van der Waals surface area contributed by atoms with E-state index in [9.17, 15) is 12.8 Å². The van der Waals surface area contributed by atoms with Gasteiger partial charge in [-0.3, -0.25) is 0 Å². The number of halogens is 4. The van der Waals surface area contributed by atoms with Crippen molar-refractivity contribution in [3.8, 4) is 11.3 Å². The molecule has 1 aromatic heterocycles. The van der Waals surface area contributed by atoms with E-state index in [2.05, 4.69) is 9.97 Å². The molecule has 0 saturated heterocycles. The van der Waals surface area contributed by atoms with Gasteiger partial charge >= 0.3 is 0 Å². The van der Waals surface area contributed by atoms with E-state index in [0.29, 0.717) is 0 Å². The van der Waals surface area contributed by atoms with Crippen LogP contribution in [-0.4, -0.2) is 18.4 Å². The molecular weight excluding hydrogens is 338 g/mol. The molecule has 4 nitrogen and oxygen atoms in total. The summed E-state index contributed by atoms with van der Waals surface area (Å²) in [5.41, 5.74) is 0.103. The Morgan fingerprint density at radius 1 is 1.21 bits per heavy atom. The molecule has 0 N–H and O–H groups in total. The summed E-state index contributed by atoms with van der Waals surface area (Å²) in [6.07, 6.45) is 1.21. The number of hydrogen-bond acceptors (Lipinski definition) is 4. The topological polar surface area (TPSA) is 59.9 Å². The van der Waals surface area contributed by atoms with Crippen LogP contribution in [0.1, 0.15) is 0 Å². The normalized spacial score (nSPS) is 11.6. The van der Waals surface area contributed by atoms with Gasteiger partial charge in [0.25, 0.3) is 9.05 Å². The largest absolute Gasteiger partial charge is 0.262 e. The van der Waals surface area contributed by atoms with Gasteiger partial charge in [0.05, 0.1) is 21.8 Å². The van der Waals surface area contributed by atoms with Crippen molar-refractivity contribution in [2.45, 2.75) is 4.90 Å². The van der Waals surface area contributed by atoms with Crippen molar-refractivity contribution in [2.24, 2.45) is 0 Å². The maximum atomic E-state index is 13.2. The van der Waals surface area contributed by atoms with Crippen LogP contribution in [0.15, 0.2) is 29.3 Å². The first-order valence-electron chi connectivity index (χ1n) is 4.71. The monoisotopic (exact) mass is 340 g/mol. The van der Waals surface area contributed by atoms with Gasteiger partial charge in [0.15, 0.2) is 0 Å². The van der Waals surface area contributed by atoms with Gasteiger partial charge < -0.3 is 0 Å². The van der Waals surface area contributed by atoms with Crippen LogP contribution in [0.2, 0.25) is 10.3 Å². The molecule has 0 aliphatic heterocycles. The van der Waals surface area contributed by atoms with Crippen molar-refractivity contribution < 1.29 is 12.8 Å². The summed E-state index contributed by atoms with van der Waals surface area (Å²) in [7, 11) is 1.10. The first-order valence-corrected chi connectivity index (χ1v) is 7.78. The van der Waals surface area contributed by atoms with Crippen LogP contribution in [0, 0.1) is 5.82 Å². The first kappa shape index (κ1) is 14.5. The maximum Gasteiger partial charge on any atom is 0.262 e. The summed E-state index contributed by atoms with van der Waals surface area (Å²) >= 11 is 11.5. The molecule has 0 unspecified atom stereocenters. The lowest BCUT2D eigenvalue weighted by Crippen LogP contribution is -1.98. The Morgan fingerprint density at radius 2 is 1.89 bits per heavy atom. The third-order valence-electron chi connectivity index (χ3n) is 2.18. The molecule has 0 radical (unpaired) electrons. The molecule has 0 bridgehead atoms. The molecule has 0 saturated carbocycles. The van der Waals surface area contributed by atoms with E-state index in [4.69, 9.17) is 33.9 Å². The summed E-state index contributed by atoms with van der Waals surface area (Å²) in [5, 5.41) is -0.0563. The van der Waals surface area contributed by atoms with E-state index >= 15 is 0 Å². The van der Waals surface area contributed by atoms with Gasteiger partial charge in [-0.15, -0.1) is 0 Å². The Kier molecular flexibility index (Phi) is 3.96. The molecule has 9 heteroatoms. The Bertz CT molecular complexity index is 752. The fourth-order valence-electron chi connectivity index (χ4n) is 1.43. The Labute approximate surface area is 122 Å². The molecule has 100 valence electrons. The zero-order valence-corrected chi connectivity index (χ0v) is 12.0. The Morgan fingerprint density at radius 3 is 2.53 bits per heavy atom. The van der Waals surface area contributed by atoms with Gasteiger partial charge in [-0.2, -0.15) is 0 Å². The number of benzene rings is 1. The lowest BCUT2D eigenvalue weighted by atomic mass is 10.1. The second-order valence-corrected chi connectivity index (χ2v) is 6.69. The van der Waals surface area contributed by atoms with Crippen LogP contribution >= 0.6 is 33.9 Å². The van der Waals surface area contributed by atoms with Crippen LogP contribution in [0.25, 0.3) is 11.3 Å². The quantitative estimate of drug-likeness (QED) is 0.619. The second-order valence-electron chi connectivity index (χ2n) is 3.41. The molecule has 0 aliphatic carbocycles. The van der Waals surface area contributed by atoms with Crippen molar-refractivity contribution in [3.05, 3.63) is 40.5 Å². The van der Waals surface area contributed by atoms with E-state index in [0.717, 1.165) is 12.1 Å². The fraction of sp³-hybridized carbons (Fsp3) is 0. The molecule has 0 spiro atoms. The highest BCUT2D eigenvalue weighted by atomic mass is 35.7. The predicted octanol–water partition coefficient (Wildman–Crippen LogP) is 3.52. The molecule has 0 aliphatic rings. The summed E-state index contributed by atoms with van der Waals surface area (Å²) in [4.78, 5) is 7.02. The van der Waals surface area contributed by atoms with Crippen LogP contribution in [0.4, 0.5) is 4.39 Å². The highest BCUT2D eigenvalue weighted by Crippen LogP contribution is 2.33. The number of aromatic nitrogens is 2. The van der Waals surface area contributed by atoms with Crippen molar-refractivity contribution in [2.75, 3.05) is 0 Å². The van der Waals surface area contributed by atoms with Crippen molar-refractivity contribution >= 4 is 42.9 Å². The minimum atomic E-state index is -4.16. The molecule has 19 heavy (non-hydrogen) atoms. The summed E-state index contributed by atoms with van der Waals surface area (Å²) in [6.45, 7) is 0. The summed E-state index contributed by atoms with van der Waals surface area (Å²) in [5.74, 6) is -0.751. The Hall–Kier alpha value is -0.950. The van der Waals surface area contributed by atoms with E-state index in [1.165, 1.54) is 12.3 Å². The molecule has 0 fully saturated rings. The zero-order valence-electron chi connectivity index (χ0n) is 8.94. The molecule has 0 atom stereocenters. The molecule has 1 aromatic carbocycles. The van der Waals surface area contributed by atoms with Crippen LogP contribution in [0.3, 0.4) is 0 Å². The SMILES string of the molecule is O=S(=O)(Cl)c1cc(F)ccc1-c1nc(Cl)ncc1Cl. The van der Waals surface area contributed by atoms with Gasteiger partial charge in [0.2, 0.25) is 5.28 Å². The predicted molar refractivity (Wildman–Crippen MR) is 70.5 cm³/mol. The number of nitrogens with zero attached hydrogens (tertiary/aromatic N) is 2.